The van der Waals surface area contributed by atoms with Crippen LogP contribution >= 0.6 is 11.6 Å². The average Bonchev–Trinajstić information content (AvgIpc) is 2.97. The summed E-state index contributed by atoms with van der Waals surface area (Å²) in [5.41, 5.74) is 0. The zero-order valence-corrected chi connectivity index (χ0v) is 14.8. The molecule has 1 aromatic rings. The van der Waals surface area contributed by atoms with Gasteiger partial charge >= 0.3 is 0 Å². The lowest BCUT2D eigenvalue weighted by Gasteiger charge is -2.32. The molecule has 0 radical (unpaired) electrons. The monoisotopic (exact) mass is 337 g/mol. The van der Waals surface area contributed by atoms with E-state index in [1.54, 1.807) is 0 Å². The van der Waals surface area contributed by atoms with Crippen molar-refractivity contribution in [1.29, 1.82) is 0 Å². The van der Waals surface area contributed by atoms with Crippen molar-refractivity contribution in [3.8, 4) is 5.75 Å². The number of ether oxygens (including phenoxy) is 1. The molecular weight excluding hydrogens is 310 g/mol. The molecule has 0 unspecified atom stereocenters. The predicted octanol–water partition coefficient (Wildman–Crippen LogP) is 2.43. The molecule has 3 rings (SSSR count). The number of halogens is 1. The van der Waals surface area contributed by atoms with Gasteiger partial charge in [-0.2, -0.15) is 0 Å². The molecule has 2 saturated heterocycles. The minimum atomic E-state index is 0.303. The quantitative estimate of drug-likeness (QED) is 0.793. The van der Waals surface area contributed by atoms with Gasteiger partial charge in [0.15, 0.2) is 0 Å². The smallest absolute Gasteiger partial charge is 0.121 e. The molecule has 4 nitrogen and oxygen atoms in total. The van der Waals surface area contributed by atoms with Crippen LogP contribution in [-0.4, -0.2) is 80.2 Å². The van der Waals surface area contributed by atoms with Gasteiger partial charge in [0.25, 0.3) is 0 Å². The van der Waals surface area contributed by atoms with Gasteiger partial charge in [0.05, 0.1) is 0 Å². The van der Waals surface area contributed by atoms with Crippen LogP contribution in [0.15, 0.2) is 24.3 Å². The molecular formula is C18H28ClN3O. The molecule has 2 fully saturated rings. The number of benzene rings is 1. The van der Waals surface area contributed by atoms with E-state index in [2.05, 4.69) is 21.7 Å². The molecule has 2 aliphatic rings. The summed E-state index contributed by atoms with van der Waals surface area (Å²) >= 11 is 6.01. The number of piperazine rings is 1. The zero-order chi connectivity index (χ0) is 16.1. The lowest BCUT2D eigenvalue weighted by atomic mass is 10.3. The Morgan fingerprint density at radius 2 is 1.87 bits per heavy atom. The van der Waals surface area contributed by atoms with Crippen LogP contribution < -0.4 is 4.74 Å². The van der Waals surface area contributed by atoms with Crippen molar-refractivity contribution in [1.82, 2.24) is 14.7 Å². The van der Waals surface area contributed by atoms with Gasteiger partial charge in [-0.15, -0.1) is 0 Å². The second-order valence-corrected chi connectivity index (χ2v) is 7.22. The number of nitrogens with zero attached hydrogens (tertiary/aromatic N) is 3. The summed E-state index contributed by atoms with van der Waals surface area (Å²) in [6.07, 6.45) is 2.67. The summed E-state index contributed by atoms with van der Waals surface area (Å²) in [5, 5.41) is 0.740. The molecule has 5 heteroatoms. The van der Waals surface area contributed by atoms with Gasteiger partial charge in [-0.25, -0.2) is 0 Å². The first-order valence-electron chi connectivity index (χ1n) is 8.74. The van der Waals surface area contributed by atoms with Crippen molar-refractivity contribution in [2.45, 2.75) is 18.9 Å². The second kappa shape index (κ2) is 8.34. The fraction of sp³-hybridized carbons (Fsp3) is 0.667. The third kappa shape index (κ3) is 5.35. The molecule has 23 heavy (non-hydrogen) atoms. The first-order chi connectivity index (χ1) is 11.2. The predicted molar refractivity (Wildman–Crippen MR) is 95.5 cm³/mol. The van der Waals surface area contributed by atoms with E-state index in [4.69, 9.17) is 16.3 Å². The zero-order valence-electron chi connectivity index (χ0n) is 14.1. The van der Waals surface area contributed by atoms with Crippen LogP contribution in [0.2, 0.25) is 5.02 Å². The highest BCUT2D eigenvalue weighted by Crippen LogP contribution is 2.21. The third-order valence-electron chi connectivity index (χ3n) is 4.87. The number of hydrogen-bond acceptors (Lipinski definition) is 4. The maximum absolute atomic E-state index is 6.05. The molecule has 0 aliphatic carbocycles. The molecule has 0 N–H and O–H groups in total. The fourth-order valence-electron chi connectivity index (χ4n) is 3.42. The van der Waals surface area contributed by atoms with Gasteiger partial charge in [0.1, 0.15) is 11.9 Å². The number of likely N-dealkylation sites (tertiary alicyclic amines) is 1. The van der Waals surface area contributed by atoms with Crippen molar-refractivity contribution >= 4 is 11.6 Å². The Balaban J connectivity index is 1.33. The van der Waals surface area contributed by atoms with Crippen LogP contribution in [0.5, 0.6) is 5.75 Å². The molecule has 2 heterocycles. The highest BCUT2D eigenvalue weighted by Gasteiger charge is 2.24. The molecule has 0 aromatic heterocycles. The topological polar surface area (TPSA) is 19.0 Å². The molecule has 0 spiro atoms. The largest absolute Gasteiger partial charge is 0.489 e. The minimum Gasteiger partial charge on any atom is -0.489 e. The Bertz CT molecular complexity index is 491. The first-order valence-corrected chi connectivity index (χ1v) is 9.12. The van der Waals surface area contributed by atoms with Crippen LogP contribution in [0, 0.1) is 0 Å². The number of likely N-dealkylation sites (N-methyl/N-ethyl adjacent to an activating group) is 1. The normalized spacial score (nSPS) is 24.2. The Kier molecular flexibility index (Phi) is 6.17. The Hall–Kier alpha value is -0.810. The van der Waals surface area contributed by atoms with Crippen molar-refractivity contribution in [2.24, 2.45) is 0 Å². The Labute approximate surface area is 144 Å². The first kappa shape index (κ1) is 17.0. The van der Waals surface area contributed by atoms with Gasteiger partial charge in [-0.05, 0) is 51.2 Å². The van der Waals surface area contributed by atoms with Crippen LogP contribution in [0.4, 0.5) is 0 Å². The molecule has 0 saturated carbocycles. The molecule has 0 amide bonds. The van der Waals surface area contributed by atoms with Gasteiger partial charge in [-0.3, -0.25) is 4.90 Å². The molecule has 128 valence electrons. The van der Waals surface area contributed by atoms with E-state index >= 15 is 0 Å². The van der Waals surface area contributed by atoms with Crippen LogP contribution in [-0.2, 0) is 0 Å². The second-order valence-electron chi connectivity index (χ2n) is 6.78. The summed E-state index contributed by atoms with van der Waals surface area (Å²) in [6.45, 7) is 9.45. The highest BCUT2D eigenvalue weighted by atomic mass is 35.5. The van der Waals surface area contributed by atoms with Crippen LogP contribution in [0.3, 0.4) is 0 Å². The van der Waals surface area contributed by atoms with Crippen LogP contribution in [0.1, 0.15) is 12.8 Å². The van der Waals surface area contributed by atoms with Crippen molar-refractivity contribution in [3.63, 3.8) is 0 Å². The van der Waals surface area contributed by atoms with Crippen molar-refractivity contribution in [2.75, 3.05) is 59.4 Å². The fourth-order valence-corrected chi connectivity index (χ4v) is 3.60. The molecule has 1 aromatic carbocycles. The van der Waals surface area contributed by atoms with Gasteiger partial charge < -0.3 is 14.5 Å². The number of hydrogen-bond donors (Lipinski definition) is 0. The summed E-state index contributed by atoms with van der Waals surface area (Å²) in [7, 11) is 2.21. The molecule has 2 aliphatic heterocycles. The van der Waals surface area contributed by atoms with Crippen molar-refractivity contribution in [3.05, 3.63) is 29.3 Å². The summed E-state index contributed by atoms with van der Waals surface area (Å²) < 4.78 is 6.05. The van der Waals surface area contributed by atoms with Gasteiger partial charge in [0, 0.05) is 44.3 Å². The van der Waals surface area contributed by atoms with E-state index in [-0.39, 0.29) is 0 Å². The molecule has 0 bridgehead atoms. The van der Waals surface area contributed by atoms with E-state index in [1.165, 1.54) is 45.7 Å². The van der Waals surface area contributed by atoms with Crippen molar-refractivity contribution < 1.29 is 4.74 Å². The lowest BCUT2D eigenvalue weighted by Crippen LogP contribution is -2.45. The highest BCUT2D eigenvalue weighted by molar-refractivity contribution is 6.30. The van der Waals surface area contributed by atoms with Gasteiger partial charge in [0.2, 0.25) is 0 Å². The minimum absolute atomic E-state index is 0.303. The summed E-state index contributed by atoms with van der Waals surface area (Å²) in [4.78, 5) is 7.54. The SMILES string of the molecule is CN1CCN(CCCN2CC[C@@H](Oc3cccc(Cl)c3)C2)CC1. The third-order valence-corrected chi connectivity index (χ3v) is 5.11. The Morgan fingerprint density at radius 1 is 1.09 bits per heavy atom. The van der Waals surface area contributed by atoms with E-state index in [0.29, 0.717) is 6.10 Å². The van der Waals surface area contributed by atoms with E-state index in [0.717, 1.165) is 30.3 Å². The average molecular weight is 338 g/mol. The summed E-state index contributed by atoms with van der Waals surface area (Å²) in [6, 6.07) is 7.72. The maximum atomic E-state index is 6.05. The number of rotatable bonds is 6. The van der Waals surface area contributed by atoms with Crippen LogP contribution in [0.25, 0.3) is 0 Å². The summed E-state index contributed by atoms with van der Waals surface area (Å²) in [5.74, 6) is 0.891. The maximum Gasteiger partial charge on any atom is 0.121 e. The standard InChI is InChI=1S/C18H28ClN3O/c1-20-10-12-21(13-11-20)7-3-8-22-9-6-18(15-22)23-17-5-2-4-16(19)14-17/h2,4-5,14,18H,3,6-13,15H2,1H3/t18-/m1/s1. The lowest BCUT2D eigenvalue weighted by molar-refractivity contribution is 0.146. The van der Waals surface area contributed by atoms with E-state index < -0.39 is 0 Å². The van der Waals surface area contributed by atoms with Gasteiger partial charge in [-0.1, -0.05) is 17.7 Å². The molecule has 1 atom stereocenters. The van der Waals surface area contributed by atoms with E-state index in [9.17, 15) is 0 Å². The van der Waals surface area contributed by atoms with E-state index in [1.807, 2.05) is 24.3 Å². The Morgan fingerprint density at radius 3 is 2.65 bits per heavy atom.